The molecule has 0 aliphatic carbocycles. The van der Waals surface area contributed by atoms with Crippen LogP contribution in [0, 0.1) is 0 Å². The van der Waals surface area contributed by atoms with Gasteiger partial charge in [0.05, 0.1) is 15.7 Å². The van der Waals surface area contributed by atoms with Gasteiger partial charge in [-0.2, -0.15) is 10.2 Å². The lowest BCUT2D eigenvalue weighted by molar-refractivity contribution is 0.493. The van der Waals surface area contributed by atoms with Crippen molar-refractivity contribution < 1.29 is 21.3 Å². The molecule has 15 heteroatoms. The highest BCUT2D eigenvalue weighted by Gasteiger charge is 2.38. The van der Waals surface area contributed by atoms with E-state index in [2.05, 4.69) is 30.9 Å². The van der Waals surface area contributed by atoms with Crippen LogP contribution in [0.4, 0.5) is 6.01 Å². The number of hydrogen-bond acceptors (Lipinski definition) is 11. The van der Waals surface area contributed by atoms with Gasteiger partial charge in [0.15, 0.2) is 15.4 Å². The number of fused-ring (bicyclic) bond motifs is 1. The maximum absolute atomic E-state index is 13.2. The van der Waals surface area contributed by atoms with E-state index in [0.29, 0.717) is 16.7 Å². The summed E-state index contributed by atoms with van der Waals surface area (Å²) in [6.07, 6.45) is 0. The van der Waals surface area contributed by atoms with Crippen molar-refractivity contribution in [2.24, 2.45) is 5.14 Å². The number of rotatable bonds is 5. The molecule has 0 amide bonds. The first-order chi connectivity index (χ1) is 15.2. The molecule has 5 rings (SSSR count). The average molecular weight is 477 g/mol. The minimum Gasteiger partial charge on any atom is -0.424 e. The Morgan fingerprint density at radius 2 is 1.84 bits per heavy atom. The normalized spacial score (nSPS) is 15.2. The first-order valence-corrected chi connectivity index (χ1v) is 12.3. The van der Waals surface area contributed by atoms with Crippen molar-refractivity contribution in [2.45, 2.75) is 15.0 Å². The molecule has 0 spiro atoms. The lowest BCUT2D eigenvalue weighted by Gasteiger charge is -2.28. The zero-order valence-electron chi connectivity index (χ0n) is 16.2. The topological polar surface area (TPSA) is 213 Å². The highest BCUT2D eigenvalue weighted by molar-refractivity contribution is 7.94. The number of nitrogens with two attached hydrogens (primary N) is 2. The van der Waals surface area contributed by atoms with Gasteiger partial charge in [-0.15, -0.1) is 10.2 Å². The van der Waals surface area contributed by atoms with Crippen molar-refractivity contribution in [3.63, 3.8) is 0 Å². The van der Waals surface area contributed by atoms with E-state index >= 15 is 0 Å². The molecule has 1 aliphatic rings. The van der Waals surface area contributed by atoms with Crippen LogP contribution in [0.1, 0.15) is 0 Å². The van der Waals surface area contributed by atoms with Gasteiger partial charge < -0.3 is 15.5 Å². The molecule has 166 valence electrons. The van der Waals surface area contributed by atoms with Crippen LogP contribution in [0.5, 0.6) is 0 Å². The summed E-state index contributed by atoms with van der Waals surface area (Å²) in [5.41, 5.74) is 6.94. The molecule has 0 bridgehead atoms. The second kappa shape index (κ2) is 7.06. The average Bonchev–Trinajstić information content (AvgIpc) is 3.32. The number of nitrogens with zero attached hydrogens (tertiary/aromatic N) is 4. The monoisotopic (exact) mass is 476 g/mol. The van der Waals surface area contributed by atoms with E-state index in [1.54, 1.807) is 18.2 Å². The number of tetrazole rings is 1. The molecule has 0 atom stereocenters. The Bertz CT molecular complexity index is 1560. The van der Waals surface area contributed by atoms with Crippen LogP contribution in [0.3, 0.4) is 0 Å². The zero-order chi connectivity index (χ0) is 22.7. The SMILES string of the molecule is Nc1nc2c(-c3ccc(S(=O)(=O)C4CNC4)c(S(N)(=O)=O)c3-c3nn[nH]n3)cccc2o1. The van der Waals surface area contributed by atoms with Crippen LogP contribution in [-0.2, 0) is 19.9 Å². The molecule has 32 heavy (non-hydrogen) atoms. The van der Waals surface area contributed by atoms with Crippen molar-refractivity contribution in [2.75, 3.05) is 18.8 Å². The van der Waals surface area contributed by atoms with Crippen molar-refractivity contribution in [1.82, 2.24) is 30.9 Å². The molecule has 0 radical (unpaired) electrons. The van der Waals surface area contributed by atoms with Crippen molar-refractivity contribution in [3.8, 4) is 22.5 Å². The predicted octanol–water partition coefficient (Wildman–Crippen LogP) is -0.350. The number of para-hydroxylation sites is 1. The molecule has 6 N–H and O–H groups in total. The van der Waals surface area contributed by atoms with Gasteiger partial charge >= 0.3 is 0 Å². The number of aromatic nitrogens is 5. The van der Waals surface area contributed by atoms with Crippen LogP contribution in [0.2, 0.25) is 0 Å². The first-order valence-electron chi connectivity index (χ1n) is 9.21. The second-order valence-electron chi connectivity index (χ2n) is 7.13. The van der Waals surface area contributed by atoms with Crippen LogP contribution in [0.15, 0.2) is 44.5 Å². The predicted molar refractivity (Wildman–Crippen MR) is 112 cm³/mol. The van der Waals surface area contributed by atoms with Crippen molar-refractivity contribution in [1.29, 1.82) is 0 Å². The molecule has 1 fully saturated rings. The van der Waals surface area contributed by atoms with E-state index < -0.39 is 34.9 Å². The third-order valence-corrected chi connectivity index (χ3v) is 8.48. The third kappa shape index (κ3) is 3.13. The van der Waals surface area contributed by atoms with E-state index in [-0.39, 0.29) is 36.1 Å². The van der Waals surface area contributed by atoms with Gasteiger partial charge in [0.1, 0.15) is 10.4 Å². The molecular weight excluding hydrogens is 460 g/mol. The van der Waals surface area contributed by atoms with Crippen LogP contribution >= 0.6 is 0 Å². The summed E-state index contributed by atoms with van der Waals surface area (Å²) in [5.74, 6) is -0.152. The fourth-order valence-electron chi connectivity index (χ4n) is 3.63. The molecule has 2 aromatic heterocycles. The quantitative estimate of drug-likeness (QED) is 0.292. The number of sulfonamides is 1. The number of oxazole rings is 1. The Balaban J connectivity index is 1.91. The smallest absolute Gasteiger partial charge is 0.293 e. The number of anilines is 1. The number of aromatic amines is 1. The second-order valence-corrected chi connectivity index (χ2v) is 10.8. The summed E-state index contributed by atoms with van der Waals surface area (Å²) in [5, 5.41) is 21.1. The van der Waals surface area contributed by atoms with Gasteiger partial charge in [-0.25, -0.2) is 22.0 Å². The molecular formula is C17H16N8O5S2. The minimum atomic E-state index is -4.56. The van der Waals surface area contributed by atoms with Crippen LogP contribution < -0.4 is 16.2 Å². The summed E-state index contributed by atoms with van der Waals surface area (Å²) < 4.78 is 57.3. The molecule has 2 aromatic carbocycles. The summed E-state index contributed by atoms with van der Waals surface area (Å²) in [6.45, 7) is 0.395. The Kier molecular flexibility index (Phi) is 4.52. The number of primary sulfonamides is 1. The highest BCUT2D eigenvalue weighted by atomic mass is 32.2. The van der Waals surface area contributed by atoms with Crippen LogP contribution in [-0.4, -0.2) is 60.8 Å². The van der Waals surface area contributed by atoms with Gasteiger partial charge in [0.25, 0.3) is 6.01 Å². The Hall–Kier alpha value is -3.40. The summed E-state index contributed by atoms with van der Waals surface area (Å²) in [7, 11) is -8.59. The Morgan fingerprint density at radius 1 is 1.06 bits per heavy atom. The lowest BCUT2D eigenvalue weighted by atomic mass is 9.98. The van der Waals surface area contributed by atoms with E-state index in [4.69, 9.17) is 15.3 Å². The molecule has 0 saturated carbocycles. The van der Waals surface area contributed by atoms with Gasteiger partial charge in [-0.1, -0.05) is 18.2 Å². The molecule has 1 saturated heterocycles. The molecule has 1 aliphatic heterocycles. The standard InChI is InChI=1S/C17H16N8O5S2/c18-17-21-14-10(2-1-3-11(14)30-17)9-4-5-12(31(26,27)8-6-20-7-8)15(32(19,28)29)13(9)16-22-24-25-23-16/h1-5,8,20H,6-7H2,(H2,18,21)(H2,19,28,29)(H,22,23,24,25). The van der Waals surface area contributed by atoms with Gasteiger partial charge in [0.2, 0.25) is 15.8 Å². The fraction of sp³-hybridized carbons (Fsp3) is 0.176. The van der Waals surface area contributed by atoms with E-state index in [1.807, 2.05) is 0 Å². The Morgan fingerprint density at radius 3 is 2.47 bits per heavy atom. The van der Waals surface area contributed by atoms with Gasteiger partial charge in [-0.3, -0.25) is 0 Å². The first kappa shape index (κ1) is 20.5. The summed E-state index contributed by atoms with van der Waals surface area (Å²) in [4.78, 5) is 3.12. The molecule has 13 nitrogen and oxygen atoms in total. The zero-order valence-corrected chi connectivity index (χ0v) is 17.8. The van der Waals surface area contributed by atoms with E-state index in [0.717, 1.165) is 0 Å². The fourth-order valence-corrected chi connectivity index (χ4v) is 6.81. The van der Waals surface area contributed by atoms with Crippen molar-refractivity contribution >= 4 is 37.0 Å². The largest absolute Gasteiger partial charge is 0.424 e. The minimum absolute atomic E-state index is 0.0862. The number of hydrogen-bond donors (Lipinski definition) is 4. The van der Waals surface area contributed by atoms with E-state index in [1.165, 1.54) is 12.1 Å². The summed E-state index contributed by atoms with van der Waals surface area (Å²) >= 11 is 0. The molecule has 0 unspecified atom stereocenters. The number of sulfone groups is 1. The molecule has 3 heterocycles. The van der Waals surface area contributed by atoms with Crippen LogP contribution in [0.25, 0.3) is 33.6 Å². The molecule has 4 aromatic rings. The number of nitrogens with one attached hydrogen (secondary N) is 2. The lowest BCUT2D eigenvalue weighted by Crippen LogP contribution is -2.51. The highest BCUT2D eigenvalue weighted by Crippen LogP contribution is 2.41. The van der Waals surface area contributed by atoms with Gasteiger partial charge in [0, 0.05) is 18.7 Å². The van der Waals surface area contributed by atoms with Crippen molar-refractivity contribution in [3.05, 3.63) is 30.3 Å². The summed E-state index contributed by atoms with van der Waals surface area (Å²) in [6, 6.07) is 7.54. The maximum Gasteiger partial charge on any atom is 0.293 e. The Labute approximate surface area is 181 Å². The third-order valence-electron chi connectivity index (χ3n) is 5.19. The van der Waals surface area contributed by atoms with Gasteiger partial charge in [-0.05, 0) is 22.9 Å². The maximum atomic E-state index is 13.2. The van der Waals surface area contributed by atoms with E-state index in [9.17, 15) is 16.8 Å². The number of H-pyrrole nitrogens is 1. The number of benzene rings is 2. The number of nitrogen functional groups attached to an aromatic ring is 1.